The van der Waals surface area contributed by atoms with Gasteiger partial charge in [0.25, 0.3) is 5.91 Å². The van der Waals surface area contributed by atoms with Crippen LogP contribution in [0.3, 0.4) is 0 Å². The molecule has 0 aromatic heterocycles. The lowest BCUT2D eigenvalue weighted by molar-refractivity contribution is -0.141. The van der Waals surface area contributed by atoms with Crippen molar-refractivity contribution in [2.24, 2.45) is 0 Å². The number of benzene rings is 1. The number of aliphatic carboxylic acids is 1. The second kappa shape index (κ2) is 8.13. The number of thiocarbonyl (C=S) groups is 1. The second-order valence-corrected chi connectivity index (χ2v) is 6.84. The van der Waals surface area contributed by atoms with Crippen molar-refractivity contribution in [2.75, 3.05) is 13.7 Å². The summed E-state index contributed by atoms with van der Waals surface area (Å²) in [5.41, 5.74) is 0.797. The molecule has 1 fully saturated rings. The van der Waals surface area contributed by atoms with Crippen LogP contribution in [0.15, 0.2) is 29.2 Å². The number of carbonyl (C=O) groups is 3. The molecular formula is C16H16N2O5S2. The van der Waals surface area contributed by atoms with Gasteiger partial charge >= 0.3 is 5.97 Å². The predicted molar refractivity (Wildman–Crippen MR) is 98.1 cm³/mol. The SMILES string of the molecule is COc1ccc(/C=C2\SC(=S)N(CC(=O)NC(C)C(=O)O)C2=O)cc1. The van der Waals surface area contributed by atoms with Gasteiger partial charge < -0.3 is 15.2 Å². The maximum absolute atomic E-state index is 12.4. The number of carboxylic acid groups (broad SMARTS) is 1. The fourth-order valence-electron chi connectivity index (χ4n) is 1.98. The molecule has 1 atom stereocenters. The fourth-order valence-corrected chi connectivity index (χ4v) is 3.24. The first-order valence-electron chi connectivity index (χ1n) is 7.23. The van der Waals surface area contributed by atoms with Crippen molar-refractivity contribution in [3.63, 3.8) is 0 Å². The van der Waals surface area contributed by atoms with E-state index in [0.717, 1.165) is 22.2 Å². The van der Waals surface area contributed by atoms with Gasteiger partial charge in [-0.15, -0.1) is 0 Å². The molecule has 0 saturated carbocycles. The molecule has 0 radical (unpaired) electrons. The van der Waals surface area contributed by atoms with Crippen LogP contribution >= 0.6 is 24.0 Å². The van der Waals surface area contributed by atoms with Crippen LogP contribution in [0.25, 0.3) is 6.08 Å². The largest absolute Gasteiger partial charge is 0.497 e. The highest BCUT2D eigenvalue weighted by atomic mass is 32.2. The number of amides is 2. The van der Waals surface area contributed by atoms with Crippen LogP contribution in [0.4, 0.5) is 0 Å². The molecule has 1 heterocycles. The molecule has 25 heavy (non-hydrogen) atoms. The Morgan fingerprint density at radius 2 is 2.04 bits per heavy atom. The average molecular weight is 380 g/mol. The van der Waals surface area contributed by atoms with E-state index in [4.69, 9.17) is 22.1 Å². The monoisotopic (exact) mass is 380 g/mol. The van der Waals surface area contributed by atoms with E-state index in [2.05, 4.69) is 5.32 Å². The standard InChI is InChI=1S/C16H16N2O5S2/c1-9(15(21)22)17-13(19)8-18-14(20)12(25-16(18)24)7-10-3-5-11(23-2)6-4-10/h3-7,9H,8H2,1-2H3,(H,17,19)(H,21,22)/b12-7-. The van der Waals surface area contributed by atoms with Crippen molar-refractivity contribution in [2.45, 2.75) is 13.0 Å². The zero-order valence-electron chi connectivity index (χ0n) is 13.5. The Morgan fingerprint density at radius 3 is 2.60 bits per heavy atom. The van der Waals surface area contributed by atoms with Gasteiger partial charge in [-0.05, 0) is 30.7 Å². The van der Waals surface area contributed by atoms with Gasteiger partial charge in [0, 0.05) is 0 Å². The smallest absolute Gasteiger partial charge is 0.325 e. The van der Waals surface area contributed by atoms with E-state index in [1.807, 2.05) is 0 Å². The lowest BCUT2D eigenvalue weighted by Crippen LogP contribution is -2.45. The summed E-state index contributed by atoms with van der Waals surface area (Å²) in [5, 5.41) is 11.1. The highest BCUT2D eigenvalue weighted by Gasteiger charge is 2.33. The number of carbonyl (C=O) groups excluding carboxylic acids is 2. The molecule has 1 unspecified atom stereocenters. The first kappa shape index (κ1) is 18.9. The highest BCUT2D eigenvalue weighted by molar-refractivity contribution is 8.26. The van der Waals surface area contributed by atoms with E-state index >= 15 is 0 Å². The van der Waals surface area contributed by atoms with Crippen LogP contribution in [-0.2, 0) is 14.4 Å². The second-order valence-electron chi connectivity index (χ2n) is 5.17. The number of hydrogen-bond donors (Lipinski definition) is 2. The summed E-state index contributed by atoms with van der Waals surface area (Å²) < 4.78 is 5.33. The van der Waals surface area contributed by atoms with Gasteiger partial charge in [0.2, 0.25) is 5.91 Å². The number of methoxy groups -OCH3 is 1. The van der Waals surface area contributed by atoms with E-state index in [0.29, 0.717) is 10.7 Å². The number of hydrogen-bond acceptors (Lipinski definition) is 6. The van der Waals surface area contributed by atoms with E-state index in [9.17, 15) is 14.4 Å². The van der Waals surface area contributed by atoms with Crippen LogP contribution in [0.1, 0.15) is 12.5 Å². The van der Waals surface area contributed by atoms with Crippen molar-refractivity contribution in [1.29, 1.82) is 0 Å². The summed E-state index contributed by atoms with van der Waals surface area (Å²) in [6.45, 7) is 1.02. The Labute approximate surface area is 154 Å². The van der Waals surface area contributed by atoms with Crippen molar-refractivity contribution < 1.29 is 24.2 Å². The van der Waals surface area contributed by atoms with Gasteiger partial charge in [-0.3, -0.25) is 19.3 Å². The Balaban J connectivity index is 2.07. The van der Waals surface area contributed by atoms with Gasteiger partial charge in [0.15, 0.2) is 0 Å². The number of nitrogens with zero attached hydrogens (tertiary/aromatic N) is 1. The topological polar surface area (TPSA) is 95.9 Å². The molecule has 132 valence electrons. The van der Waals surface area contributed by atoms with Crippen LogP contribution < -0.4 is 10.1 Å². The number of nitrogens with one attached hydrogen (secondary N) is 1. The molecule has 2 rings (SSSR count). The molecule has 0 bridgehead atoms. The zero-order valence-corrected chi connectivity index (χ0v) is 15.1. The average Bonchev–Trinajstić information content (AvgIpc) is 2.83. The van der Waals surface area contributed by atoms with Crippen molar-refractivity contribution in [3.8, 4) is 5.75 Å². The molecule has 1 aromatic rings. The molecule has 7 nitrogen and oxygen atoms in total. The summed E-state index contributed by atoms with van der Waals surface area (Å²) in [4.78, 5) is 36.6. The van der Waals surface area contributed by atoms with Gasteiger partial charge in [-0.1, -0.05) is 36.1 Å². The molecule has 0 spiro atoms. The van der Waals surface area contributed by atoms with Crippen molar-refractivity contribution in [3.05, 3.63) is 34.7 Å². The van der Waals surface area contributed by atoms with Crippen LogP contribution in [-0.4, -0.2) is 51.8 Å². The summed E-state index contributed by atoms with van der Waals surface area (Å²) in [6.07, 6.45) is 1.68. The zero-order chi connectivity index (χ0) is 18.6. The Morgan fingerprint density at radius 1 is 1.40 bits per heavy atom. The first-order valence-corrected chi connectivity index (χ1v) is 8.46. The minimum Gasteiger partial charge on any atom is -0.497 e. The van der Waals surface area contributed by atoms with E-state index in [-0.39, 0.29) is 16.8 Å². The summed E-state index contributed by atoms with van der Waals surface area (Å²) in [5.74, 6) is -1.42. The van der Waals surface area contributed by atoms with E-state index < -0.39 is 17.9 Å². The minimum absolute atomic E-state index is 0.253. The number of thioether (sulfide) groups is 1. The van der Waals surface area contributed by atoms with Crippen LogP contribution in [0.5, 0.6) is 5.75 Å². The minimum atomic E-state index is -1.15. The highest BCUT2D eigenvalue weighted by Crippen LogP contribution is 2.32. The lowest BCUT2D eigenvalue weighted by atomic mass is 10.2. The lowest BCUT2D eigenvalue weighted by Gasteiger charge is -2.15. The third kappa shape index (κ3) is 4.80. The third-order valence-corrected chi connectivity index (χ3v) is 4.71. The molecular weight excluding hydrogens is 364 g/mol. The first-order chi connectivity index (χ1) is 11.8. The molecule has 2 amide bonds. The maximum atomic E-state index is 12.4. The fraction of sp³-hybridized carbons (Fsp3) is 0.250. The number of carboxylic acids is 1. The summed E-state index contributed by atoms with van der Waals surface area (Å²) in [7, 11) is 1.57. The van der Waals surface area contributed by atoms with Gasteiger partial charge in [0.05, 0.1) is 12.0 Å². The number of rotatable bonds is 6. The van der Waals surface area contributed by atoms with E-state index in [1.54, 1.807) is 37.5 Å². The normalized spacial score (nSPS) is 16.9. The molecule has 0 aliphatic carbocycles. The van der Waals surface area contributed by atoms with Gasteiger partial charge in [0.1, 0.15) is 22.7 Å². The number of ether oxygens (including phenoxy) is 1. The molecule has 1 aromatic carbocycles. The Bertz CT molecular complexity index is 745. The Kier molecular flexibility index (Phi) is 6.16. The van der Waals surface area contributed by atoms with Gasteiger partial charge in [-0.25, -0.2) is 0 Å². The van der Waals surface area contributed by atoms with Crippen molar-refractivity contribution >= 4 is 52.2 Å². The molecule has 1 aliphatic rings. The summed E-state index contributed by atoms with van der Waals surface area (Å²) >= 11 is 6.24. The van der Waals surface area contributed by atoms with Crippen LogP contribution in [0.2, 0.25) is 0 Å². The van der Waals surface area contributed by atoms with E-state index in [1.165, 1.54) is 6.92 Å². The molecule has 1 aliphatic heterocycles. The summed E-state index contributed by atoms with van der Waals surface area (Å²) in [6, 6.07) is 6.10. The van der Waals surface area contributed by atoms with Crippen LogP contribution in [0, 0.1) is 0 Å². The molecule has 9 heteroatoms. The quantitative estimate of drug-likeness (QED) is 0.570. The maximum Gasteiger partial charge on any atom is 0.325 e. The molecule has 2 N–H and O–H groups in total. The third-order valence-electron chi connectivity index (χ3n) is 3.34. The predicted octanol–water partition coefficient (Wildman–Crippen LogP) is 1.49. The Hall–Kier alpha value is -2.39. The molecule has 1 saturated heterocycles. The van der Waals surface area contributed by atoms with Gasteiger partial charge in [-0.2, -0.15) is 0 Å². The van der Waals surface area contributed by atoms with Crippen molar-refractivity contribution in [1.82, 2.24) is 10.2 Å².